The second-order valence-corrected chi connectivity index (χ2v) is 17.2. The summed E-state index contributed by atoms with van der Waals surface area (Å²) in [6, 6.07) is 0. The van der Waals surface area contributed by atoms with Gasteiger partial charge >= 0.3 is 13.8 Å². The molecule has 56 heavy (non-hydrogen) atoms. The molecule has 9 nitrogen and oxygen atoms in total. The van der Waals surface area contributed by atoms with Crippen molar-refractivity contribution in [3.63, 3.8) is 0 Å². The number of aliphatic hydroxyl groups is 2. The second kappa shape index (κ2) is 43.5. The van der Waals surface area contributed by atoms with Crippen molar-refractivity contribution in [3.05, 3.63) is 24.3 Å². The van der Waals surface area contributed by atoms with Gasteiger partial charge in [0.2, 0.25) is 0 Å². The highest BCUT2D eigenvalue weighted by atomic mass is 31.2. The SMILES string of the molecule is CCCCCCCCC/C=C\CCCCCCCCCCOCC(COP(=O)(O)OCC(O)CO)OC(=O)CCCCCCC/C=C\CCCCCCCCC. The van der Waals surface area contributed by atoms with Crippen LogP contribution in [0.1, 0.15) is 219 Å². The third-order valence-electron chi connectivity index (χ3n) is 10.1. The fraction of sp³-hybridized carbons (Fsp3) is 0.891. The highest BCUT2D eigenvalue weighted by Crippen LogP contribution is 2.43. The quantitative estimate of drug-likeness (QED) is 0.0238. The van der Waals surface area contributed by atoms with Crippen molar-refractivity contribution >= 4 is 13.8 Å². The van der Waals surface area contributed by atoms with Crippen molar-refractivity contribution in [3.8, 4) is 0 Å². The minimum Gasteiger partial charge on any atom is -0.457 e. The predicted octanol–water partition coefficient (Wildman–Crippen LogP) is 13.0. The van der Waals surface area contributed by atoms with E-state index in [1.165, 1.54) is 141 Å². The summed E-state index contributed by atoms with van der Waals surface area (Å²) in [5.74, 6) is -0.389. The lowest BCUT2D eigenvalue weighted by molar-refractivity contribution is -0.154. The molecule has 0 aliphatic heterocycles. The number of esters is 1. The Morgan fingerprint density at radius 3 is 1.34 bits per heavy atom. The minimum absolute atomic E-state index is 0.0466. The van der Waals surface area contributed by atoms with Gasteiger partial charge in [-0.25, -0.2) is 4.57 Å². The van der Waals surface area contributed by atoms with Gasteiger partial charge in [0.1, 0.15) is 12.2 Å². The number of carbonyl (C=O) groups excluding carboxylic acids is 1. The summed E-state index contributed by atoms with van der Waals surface area (Å²) in [5.41, 5.74) is 0. The van der Waals surface area contributed by atoms with Gasteiger partial charge in [-0.1, -0.05) is 173 Å². The van der Waals surface area contributed by atoms with Gasteiger partial charge in [-0.05, 0) is 64.2 Å². The van der Waals surface area contributed by atoms with Gasteiger partial charge in [0.15, 0.2) is 0 Å². The van der Waals surface area contributed by atoms with E-state index < -0.39 is 33.2 Å². The van der Waals surface area contributed by atoms with Crippen molar-refractivity contribution in [2.75, 3.05) is 33.0 Å². The molecule has 0 amide bonds. The van der Waals surface area contributed by atoms with E-state index in [1.54, 1.807) is 0 Å². The van der Waals surface area contributed by atoms with Gasteiger partial charge in [0, 0.05) is 13.0 Å². The van der Waals surface area contributed by atoms with E-state index in [2.05, 4.69) is 38.2 Å². The first-order valence-corrected chi connectivity index (χ1v) is 24.8. The van der Waals surface area contributed by atoms with Crippen molar-refractivity contribution in [1.29, 1.82) is 0 Å². The Balaban J connectivity index is 4.13. The number of hydrogen-bond donors (Lipinski definition) is 3. The summed E-state index contributed by atoms with van der Waals surface area (Å²) in [6.07, 6.45) is 45.6. The molecule has 0 saturated carbocycles. The average molecular weight is 817 g/mol. The van der Waals surface area contributed by atoms with Gasteiger partial charge in [-0.15, -0.1) is 0 Å². The van der Waals surface area contributed by atoms with E-state index in [0.29, 0.717) is 6.61 Å². The lowest BCUT2D eigenvalue weighted by atomic mass is 10.1. The summed E-state index contributed by atoms with van der Waals surface area (Å²) in [4.78, 5) is 22.6. The Hall–Kier alpha value is -1.06. The number of aliphatic hydroxyl groups excluding tert-OH is 2. The maximum absolute atomic E-state index is 12.6. The molecule has 3 atom stereocenters. The van der Waals surface area contributed by atoms with E-state index >= 15 is 0 Å². The maximum Gasteiger partial charge on any atom is 0.472 e. The zero-order valence-electron chi connectivity index (χ0n) is 36.4. The predicted molar refractivity (Wildman–Crippen MR) is 233 cm³/mol. The van der Waals surface area contributed by atoms with Gasteiger partial charge in [-0.2, -0.15) is 0 Å². The molecule has 0 aromatic heterocycles. The molecule has 10 heteroatoms. The van der Waals surface area contributed by atoms with Crippen LogP contribution < -0.4 is 0 Å². The first-order chi connectivity index (χ1) is 27.3. The molecule has 0 aromatic carbocycles. The first-order valence-electron chi connectivity index (χ1n) is 23.3. The van der Waals surface area contributed by atoms with Crippen LogP contribution >= 0.6 is 7.82 Å². The number of ether oxygens (including phenoxy) is 2. The summed E-state index contributed by atoms with van der Waals surface area (Å²) in [7, 11) is -4.52. The van der Waals surface area contributed by atoms with Crippen LogP contribution in [0.15, 0.2) is 24.3 Å². The van der Waals surface area contributed by atoms with E-state index in [-0.39, 0.29) is 25.6 Å². The van der Waals surface area contributed by atoms with Crippen LogP contribution in [-0.2, 0) is 27.9 Å². The molecule has 0 rings (SSSR count). The maximum atomic E-state index is 12.6. The van der Waals surface area contributed by atoms with Gasteiger partial charge in [0.05, 0.1) is 26.4 Å². The molecule has 332 valence electrons. The zero-order chi connectivity index (χ0) is 41.1. The van der Waals surface area contributed by atoms with Crippen LogP contribution in [0.5, 0.6) is 0 Å². The van der Waals surface area contributed by atoms with Crippen molar-refractivity contribution in [1.82, 2.24) is 0 Å². The molecule has 0 saturated heterocycles. The molecule has 3 unspecified atom stereocenters. The van der Waals surface area contributed by atoms with Crippen LogP contribution in [0.25, 0.3) is 0 Å². The second-order valence-electron chi connectivity index (χ2n) is 15.8. The number of carbonyl (C=O) groups is 1. The number of allylic oxidation sites excluding steroid dienone is 4. The van der Waals surface area contributed by atoms with Crippen LogP contribution in [0.4, 0.5) is 0 Å². The average Bonchev–Trinajstić information content (AvgIpc) is 3.19. The zero-order valence-corrected chi connectivity index (χ0v) is 37.3. The molecular formula is C46H89O9P. The molecule has 0 aromatic rings. The Labute approximate surface area is 344 Å². The van der Waals surface area contributed by atoms with Crippen LogP contribution in [0.2, 0.25) is 0 Å². The van der Waals surface area contributed by atoms with Crippen molar-refractivity contribution < 1.29 is 43.0 Å². The van der Waals surface area contributed by atoms with Crippen LogP contribution in [-0.4, -0.2) is 66.3 Å². The molecule has 3 N–H and O–H groups in total. The molecule has 0 aliphatic rings. The summed E-state index contributed by atoms with van der Waals surface area (Å²) in [5, 5.41) is 18.4. The third-order valence-corrected chi connectivity index (χ3v) is 11.1. The largest absolute Gasteiger partial charge is 0.472 e. The number of unbranched alkanes of at least 4 members (excludes halogenated alkanes) is 27. The highest BCUT2D eigenvalue weighted by Gasteiger charge is 2.26. The topological polar surface area (TPSA) is 132 Å². The molecule has 0 bridgehead atoms. The van der Waals surface area contributed by atoms with Crippen LogP contribution in [0.3, 0.4) is 0 Å². The molecule has 0 radical (unpaired) electrons. The normalized spacial score (nSPS) is 14.2. The Bertz CT molecular complexity index is 928. The van der Waals surface area contributed by atoms with Crippen LogP contribution in [0, 0.1) is 0 Å². The minimum atomic E-state index is -4.52. The third kappa shape index (κ3) is 42.5. The van der Waals surface area contributed by atoms with Gasteiger partial charge in [0.25, 0.3) is 0 Å². The number of rotatable bonds is 45. The lowest BCUT2D eigenvalue weighted by Crippen LogP contribution is -2.29. The highest BCUT2D eigenvalue weighted by molar-refractivity contribution is 7.47. The fourth-order valence-electron chi connectivity index (χ4n) is 6.52. The molecule has 0 heterocycles. The number of hydrogen-bond acceptors (Lipinski definition) is 8. The summed E-state index contributed by atoms with van der Waals surface area (Å²) >= 11 is 0. The van der Waals surface area contributed by atoms with E-state index in [1.807, 2.05) is 0 Å². The molecular weight excluding hydrogens is 727 g/mol. The Morgan fingerprint density at radius 1 is 0.536 bits per heavy atom. The standard InChI is InChI=1S/C46H89O9P/c1-3-5-7-9-11-13-15-17-19-21-22-23-25-27-29-31-33-35-37-39-52-42-45(43-54-56(50,51)53-41-44(48)40-47)55-46(49)38-36-34-32-30-28-26-24-20-18-16-14-12-10-8-6-4-2/h19-21,24,44-45,47-48H,3-18,22-23,25-43H2,1-2H3,(H,50,51)/b21-19-,24-20-. The Kier molecular flexibility index (Phi) is 42.7. The fourth-order valence-corrected chi connectivity index (χ4v) is 7.31. The first kappa shape index (κ1) is 54.9. The molecule has 0 spiro atoms. The van der Waals surface area contributed by atoms with E-state index in [0.717, 1.165) is 57.8 Å². The molecule has 0 fully saturated rings. The smallest absolute Gasteiger partial charge is 0.457 e. The van der Waals surface area contributed by atoms with E-state index in [9.17, 15) is 19.4 Å². The van der Waals surface area contributed by atoms with Crippen molar-refractivity contribution in [2.24, 2.45) is 0 Å². The number of phosphoric ester groups is 1. The van der Waals surface area contributed by atoms with E-state index in [4.69, 9.17) is 23.6 Å². The summed E-state index contributed by atoms with van der Waals surface area (Å²) in [6.45, 7) is 3.53. The Morgan fingerprint density at radius 2 is 0.911 bits per heavy atom. The van der Waals surface area contributed by atoms with Crippen molar-refractivity contribution in [2.45, 2.75) is 232 Å². The van der Waals surface area contributed by atoms with Gasteiger partial charge < -0.3 is 24.6 Å². The number of phosphoric acid groups is 1. The lowest BCUT2D eigenvalue weighted by Gasteiger charge is -2.20. The van der Waals surface area contributed by atoms with Gasteiger partial charge in [-0.3, -0.25) is 13.8 Å². The molecule has 0 aliphatic carbocycles. The monoisotopic (exact) mass is 817 g/mol. The summed E-state index contributed by atoms with van der Waals surface area (Å²) < 4.78 is 33.4.